The van der Waals surface area contributed by atoms with Crippen molar-refractivity contribution in [3.05, 3.63) is 58.6 Å². The Hall–Kier alpha value is -2.94. The highest BCUT2D eigenvalue weighted by Crippen LogP contribution is 2.31. The molecule has 1 fully saturated rings. The lowest BCUT2D eigenvalue weighted by molar-refractivity contribution is -0.137. The van der Waals surface area contributed by atoms with Crippen LogP contribution in [0.15, 0.2) is 42.5 Å². The Morgan fingerprint density at radius 3 is 2.40 bits per heavy atom. The maximum absolute atomic E-state index is 12.9. The zero-order chi connectivity index (χ0) is 21.9. The molecule has 6 nitrogen and oxygen atoms in total. The van der Waals surface area contributed by atoms with Crippen LogP contribution >= 0.6 is 11.6 Å². The first-order valence-electron chi connectivity index (χ1n) is 9.07. The summed E-state index contributed by atoms with van der Waals surface area (Å²) in [7, 11) is 0. The molecule has 0 bridgehead atoms. The maximum Gasteiger partial charge on any atom is 0.416 e. The number of amides is 1. The molecular formula is C20H19ClF3N3O3. The van der Waals surface area contributed by atoms with Crippen LogP contribution in [0.1, 0.15) is 15.9 Å². The number of nitrogen functional groups attached to an aromatic ring is 1. The fraction of sp³-hybridized carbons (Fsp3) is 0.300. The van der Waals surface area contributed by atoms with E-state index >= 15 is 0 Å². The van der Waals surface area contributed by atoms with E-state index in [9.17, 15) is 22.8 Å². The standard InChI is InChI=1S/C20H19ClF3N3O3/c21-14-4-5-16(17(25)11-14)19(29)30-12-18(28)27-8-6-26(7-9-27)15-3-1-2-13(10-15)20(22,23)24/h1-5,10-11H,6-9,12,25H2. The van der Waals surface area contributed by atoms with Gasteiger partial charge in [0.25, 0.3) is 5.91 Å². The molecule has 0 aromatic heterocycles. The first-order valence-corrected chi connectivity index (χ1v) is 9.45. The van der Waals surface area contributed by atoms with Gasteiger partial charge in [0.1, 0.15) is 0 Å². The minimum Gasteiger partial charge on any atom is -0.452 e. The number of rotatable bonds is 4. The van der Waals surface area contributed by atoms with E-state index in [1.165, 1.54) is 29.2 Å². The van der Waals surface area contributed by atoms with Crippen molar-refractivity contribution in [1.82, 2.24) is 4.90 Å². The van der Waals surface area contributed by atoms with Crippen LogP contribution in [-0.4, -0.2) is 49.6 Å². The molecule has 2 aromatic carbocycles. The Kier molecular flexibility index (Phi) is 6.40. The Morgan fingerprint density at radius 1 is 1.07 bits per heavy atom. The Bertz CT molecular complexity index is 944. The van der Waals surface area contributed by atoms with Crippen molar-refractivity contribution in [3.8, 4) is 0 Å². The number of carbonyl (C=O) groups is 2. The molecule has 160 valence electrons. The van der Waals surface area contributed by atoms with Gasteiger partial charge in [0.2, 0.25) is 0 Å². The molecule has 1 aliphatic rings. The summed E-state index contributed by atoms with van der Waals surface area (Å²) in [6, 6.07) is 9.39. The van der Waals surface area contributed by atoms with Crippen LogP contribution in [0.3, 0.4) is 0 Å². The van der Waals surface area contributed by atoms with E-state index < -0.39 is 24.3 Å². The number of piperazine rings is 1. The molecule has 2 N–H and O–H groups in total. The highest BCUT2D eigenvalue weighted by atomic mass is 35.5. The first kappa shape index (κ1) is 21.8. The fourth-order valence-electron chi connectivity index (χ4n) is 3.11. The molecule has 1 heterocycles. The molecule has 1 aliphatic heterocycles. The largest absolute Gasteiger partial charge is 0.452 e. The number of anilines is 2. The molecule has 30 heavy (non-hydrogen) atoms. The molecule has 10 heteroatoms. The second-order valence-corrected chi connectivity index (χ2v) is 7.16. The normalized spacial score (nSPS) is 14.5. The minimum absolute atomic E-state index is 0.113. The van der Waals surface area contributed by atoms with Crippen LogP contribution in [0, 0.1) is 0 Å². The maximum atomic E-state index is 12.9. The summed E-state index contributed by atoms with van der Waals surface area (Å²) in [6.45, 7) is 0.881. The van der Waals surface area contributed by atoms with Gasteiger partial charge in [-0.05, 0) is 36.4 Å². The average Bonchev–Trinajstić information content (AvgIpc) is 2.71. The van der Waals surface area contributed by atoms with Gasteiger partial charge in [0.15, 0.2) is 6.61 Å². The summed E-state index contributed by atoms with van der Waals surface area (Å²) in [6.07, 6.45) is -4.41. The number of carbonyl (C=O) groups excluding carboxylic acids is 2. The third kappa shape index (κ3) is 5.15. The lowest BCUT2D eigenvalue weighted by atomic mass is 10.1. The minimum atomic E-state index is -4.41. The Morgan fingerprint density at radius 2 is 1.77 bits per heavy atom. The Labute approximate surface area is 175 Å². The van der Waals surface area contributed by atoms with Gasteiger partial charge in [0.05, 0.1) is 11.1 Å². The van der Waals surface area contributed by atoms with Gasteiger partial charge in [-0.25, -0.2) is 4.79 Å². The second-order valence-electron chi connectivity index (χ2n) is 6.72. The van der Waals surface area contributed by atoms with Crippen molar-refractivity contribution in [2.45, 2.75) is 6.18 Å². The number of esters is 1. The van der Waals surface area contributed by atoms with Crippen molar-refractivity contribution in [3.63, 3.8) is 0 Å². The van der Waals surface area contributed by atoms with E-state index in [1.54, 1.807) is 11.0 Å². The first-order chi connectivity index (χ1) is 14.1. The third-order valence-electron chi connectivity index (χ3n) is 4.73. The van der Waals surface area contributed by atoms with Crippen LogP contribution in [0.25, 0.3) is 0 Å². The second kappa shape index (κ2) is 8.83. The van der Waals surface area contributed by atoms with E-state index in [0.29, 0.717) is 36.9 Å². The predicted molar refractivity (Wildman–Crippen MR) is 106 cm³/mol. The monoisotopic (exact) mass is 441 g/mol. The summed E-state index contributed by atoms with van der Waals surface area (Å²) >= 11 is 5.79. The predicted octanol–water partition coefficient (Wildman–Crippen LogP) is 3.45. The van der Waals surface area contributed by atoms with Gasteiger partial charge in [-0.15, -0.1) is 0 Å². The summed E-state index contributed by atoms with van der Waals surface area (Å²) in [5.74, 6) is -1.13. The summed E-state index contributed by atoms with van der Waals surface area (Å²) in [5.41, 5.74) is 5.71. The van der Waals surface area contributed by atoms with Crippen LogP contribution < -0.4 is 10.6 Å². The lowest BCUT2D eigenvalue weighted by Crippen LogP contribution is -2.50. The molecule has 0 atom stereocenters. The average molecular weight is 442 g/mol. The SMILES string of the molecule is Nc1cc(Cl)ccc1C(=O)OCC(=O)N1CCN(c2cccc(C(F)(F)F)c2)CC1. The number of alkyl halides is 3. The topological polar surface area (TPSA) is 75.9 Å². The molecule has 2 aromatic rings. The molecule has 0 spiro atoms. The quantitative estimate of drug-likeness (QED) is 0.581. The van der Waals surface area contributed by atoms with Crippen LogP contribution in [0.5, 0.6) is 0 Å². The summed E-state index contributed by atoms with van der Waals surface area (Å²) in [4.78, 5) is 27.7. The number of halogens is 4. The van der Waals surface area contributed by atoms with E-state index in [4.69, 9.17) is 22.1 Å². The molecule has 0 radical (unpaired) electrons. The molecule has 0 saturated carbocycles. The van der Waals surface area contributed by atoms with Gasteiger partial charge >= 0.3 is 12.1 Å². The van der Waals surface area contributed by atoms with Crippen LogP contribution in [0.2, 0.25) is 5.02 Å². The smallest absolute Gasteiger partial charge is 0.416 e. The summed E-state index contributed by atoms with van der Waals surface area (Å²) in [5, 5.41) is 0.374. The Balaban J connectivity index is 1.52. The van der Waals surface area contributed by atoms with Crippen molar-refractivity contribution in [1.29, 1.82) is 0 Å². The van der Waals surface area contributed by atoms with Gasteiger partial charge in [-0.2, -0.15) is 13.2 Å². The van der Waals surface area contributed by atoms with Crippen molar-refractivity contribution < 1.29 is 27.5 Å². The van der Waals surface area contributed by atoms with E-state index in [0.717, 1.165) is 12.1 Å². The number of hydrogen-bond donors (Lipinski definition) is 1. The van der Waals surface area contributed by atoms with Crippen molar-refractivity contribution in [2.24, 2.45) is 0 Å². The molecule has 3 rings (SSSR count). The fourth-order valence-corrected chi connectivity index (χ4v) is 3.29. The van der Waals surface area contributed by atoms with E-state index in [-0.39, 0.29) is 17.2 Å². The molecular weight excluding hydrogens is 423 g/mol. The summed E-state index contributed by atoms with van der Waals surface area (Å²) < 4.78 is 43.7. The number of hydrogen-bond acceptors (Lipinski definition) is 5. The number of nitrogens with two attached hydrogens (primary N) is 1. The molecule has 0 aliphatic carbocycles. The highest BCUT2D eigenvalue weighted by molar-refractivity contribution is 6.31. The zero-order valence-electron chi connectivity index (χ0n) is 15.8. The van der Waals surface area contributed by atoms with Crippen LogP contribution in [-0.2, 0) is 15.7 Å². The molecule has 0 unspecified atom stereocenters. The van der Waals surface area contributed by atoms with E-state index in [1.807, 2.05) is 0 Å². The van der Waals surface area contributed by atoms with Gasteiger partial charge in [-0.3, -0.25) is 4.79 Å². The van der Waals surface area contributed by atoms with Crippen LogP contribution in [0.4, 0.5) is 24.5 Å². The van der Waals surface area contributed by atoms with E-state index in [2.05, 4.69) is 0 Å². The number of ether oxygens (including phenoxy) is 1. The van der Waals surface area contributed by atoms with Gasteiger partial charge in [0, 0.05) is 42.6 Å². The highest BCUT2D eigenvalue weighted by Gasteiger charge is 2.31. The lowest BCUT2D eigenvalue weighted by Gasteiger charge is -2.36. The third-order valence-corrected chi connectivity index (χ3v) is 4.97. The van der Waals surface area contributed by atoms with Gasteiger partial charge in [-0.1, -0.05) is 17.7 Å². The number of benzene rings is 2. The molecule has 1 saturated heterocycles. The van der Waals surface area contributed by atoms with Crippen molar-refractivity contribution >= 4 is 34.9 Å². The zero-order valence-corrected chi connectivity index (χ0v) is 16.5. The van der Waals surface area contributed by atoms with Gasteiger partial charge < -0.3 is 20.3 Å². The molecule has 1 amide bonds. The number of nitrogens with zero attached hydrogens (tertiary/aromatic N) is 2. The van der Waals surface area contributed by atoms with Crippen molar-refractivity contribution in [2.75, 3.05) is 43.4 Å².